The summed E-state index contributed by atoms with van der Waals surface area (Å²) >= 11 is 3.45. The zero-order valence-electron chi connectivity index (χ0n) is 10.7. The van der Waals surface area contributed by atoms with E-state index in [1.54, 1.807) is 0 Å². The van der Waals surface area contributed by atoms with Crippen molar-refractivity contribution in [1.82, 2.24) is 0 Å². The van der Waals surface area contributed by atoms with E-state index < -0.39 is 0 Å². The maximum Gasteiger partial charge on any atom is 0.231 e. The number of amides is 1. The summed E-state index contributed by atoms with van der Waals surface area (Å²) in [5.74, 6) is 0.176. The van der Waals surface area contributed by atoms with E-state index in [9.17, 15) is 4.79 Å². The SMILES string of the molecule is Cc1cccc(CN2C(=O)Cc3cc(Br)ccc32)c1. The summed E-state index contributed by atoms with van der Waals surface area (Å²) in [7, 11) is 0. The quantitative estimate of drug-likeness (QED) is 0.824. The summed E-state index contributed by atoms with van der Waals surface area (Å²) in [4.78, 5) is 14.0. The number of hydrogen-bond donors (Lipinski definition) is 0. The molecule has 1 heterocycles. The number of carbonyl (C=O) groups excluding carboxylic acids is 1. The number of benzene rings is 2. The fourth-order valence-corrected chi connectivity index (χ4v) is 2.93. The highest BCUT2D eigenvalue weighted by atomic mass is 79.9. The maximum absolute atomic E-state index is 12.1. The summed E-state index contributed by atoms with van der Waals surface area (Å²) in [6.07, 6.45) is 0.501. The van der Waals surface area contributed by atoms with Crippen LogP contribution in [0.3, 0.4) is 0 Å². The Labute approximate surface area is 121 Å². The van der Waals surface area contributed by atoms with E-state index in [0.29, 0.717) is 13.0 Å². The Morgan fingerprint density at radius 1 is 1.21 bits per heavy atom. The number of hydrogen-bond acceptors (Lipinski definition) is 1. The van der Waals surface area contributed by atoms with Crippen molar-refractivity contribution in [1.29, 1.82) is 0 Å². The van der Waals surface area contributed by atoms with Gasteiger partial charge in [0.15, 0.2) is 0 Å². The van der Waals surface area contributed by atoms with Crippen molar-refractivity contribution in [2.45, 2.75) is 19.9 Å². The van der Waals surface area contributed by atoms with Crippen LogP contribution < -0.4 is 4.90 Å². The van der Waals surface area contributed by atoms with Gasteiger partial charge >= 0.3 is 0 Å². The van der Waals surface area contributed by atoms with Gasteiger partial charge in [-0.2, -0.15) is 0 Å². The average Bonchev–Trinajstić information content (AvgIpc) is 2.65. The maximum atomic E-state index is 12.1. The molecule has 1 aliphatic heterocycles. The highest BCUT2D eigenvalue weighted by Gasteiger charge is 2.27. The lowest BCUT2D eigenvalue weighted by atomic mass is 10.1. The van der Waals surface area contributed by atoms with Gasteiger partial charge in [-0.1, -0.05) is 45.8 Å². The van der Waals surface area contributed by atoms with E-state index >= 15 is 0 Å². The number of carbonyl (C=O) groups is 1. The molecular weight excluding hydrogens is 302 g/mol. The van der Waals surface area contributed by atoms with Crippen LogP contribution in [0.4, 0.5) is 5.69 Å². The highest BCUT2D eigenvalue weighted by molar-refractivity contribution is 9.10. The van der Waals surface area contributed by atoms with Crippen LogP contribution in [0.5, 0.6) is 0 Å². The number of nitrogens with zero attached hydrogens (tertiary/aromatic N) is 1. The fraction of sp³-hybridized carbons (Fsp3) is 0.188. The lowest BCUT2D eigenvalue weighted by Gasteiger charge is -2.18. The van der Waals surface area contributed by atoms with Gasteiger partial charge < -0.3 is 4.90 Å². The molecule has 2 aromatic rings. The standard InChI is InChI=1S/C16H14BrNO/c1-11-3-2-4-12(7-11)10-18-15-6-5-14(17)8-13(15)9-16(18)19/h2-8H,9-10H2,1H3. The minimum atomic E-state index is 0.176. The first-order chi connectivity index (χ1) is 9.13. The molecule has 0 aromatic heterocycles. The molecular formula is C16H14BrNO. The molecule has 0 atom stereocenters. The average molecular weight is 316 g/mol. The monoisotopic (exact) mass is 315 g/mol. The number of aryl methyl sites for hydroxylation is 1. The van der Waals surface area contributed by atoms with E-state index in [0.717, 1.165) is 15.7 Å². The van der Waals surface area contributed by atoms with Gasteiger partial charge in [-0.15, -0.1) is 0 Å². The van der Waals surface area contributed by atoms with Crippen molar-refractivity contribution in [2.75, 3.05) is 4.90 Å². The molecule has 1 aliphatic rings. The predicted molar refractivity (Wildman–Crippen MR) is 80.2 cm³/mol. The van der Waals surface area contributed by atoms with Crippen LogP contribution in [0.2, 0.25) is 0 Å². The lowest BCUT2D eigenvalue weighted by Crippen LogP contribution is -2.25. The molecule has 0 unspecified atom stereocenters. The second-order valence-corrected chi connectivity index (χ2v) is 5.83. The molecule has 96 valence electrons. The molecule has 0 bridgehead atoms. The second kappa shape index (κ2) is 4.82. The Morgan fingerprint density at radius 2 is 2.05 bits per heavy atom. The normalized spacial score (nSPS) is 13.8. The summed E-state index contributed by atoms with van der Waals surface area (Å²) in [5.41, 5.74) is 4.53. The van der Waals surface area contributed by atoms with Gasteiger partial charge in [-0.3, -0.25) is 4.79 Å². The third-order valence-electron chi connectivity index (χ3n) is 3.40. The van der Waals surface area contributed by atoms with E-state index in [4.69, 9.17) is 0 Å². The first-order valence-electron chi connectivity index (χ1n) is 6.28. The molecule has 2 aromatic carbocycles. The van der Waals surface area contributed by atoms with Gasteiger partial charge in [0.25, 0.3) is 0 Å². The molecule has 2 nitrogen and oxygen atoms in total. The highest BCUT2D eigenvalue weighted by Crippen LogP contribution is 2.32. The van der Waals surface area contributed by atoms with Crippen LogP contribution in [-0.2, 0) is 17.8 Å². The molecule has 0 saturated heterocycles. The molecule has 0 saturated carbocycles. The van der Waals surface area contributed by atoms with Crippen LogP contribution in [0, 0.1) is 6.92 Å². The van der Waals surface area contributed by atoms with Crippen molar-refractivity contribution >= 4 is 27.5 Å². The minimum Gasteiger partial charge on any atom is -0.307 e. The second-order valence-electron chi connectivity index (χ2n) is 4.92. The molecule has 1 amide bonds. The number of rotatable bonds is 2. The largest absolute Gasteiger partial charge is 0.307 e. The number of halogens is 1. The van der Waals surface area contributed by atoms with Crippen molar-refractivity contribution in [3.63, 3.8) is 0 Å². The molecule has 0 aliphatic carbocycles. The van der Waals surface area contributed by atoms with Crippen molar-refractivity contribution in [2.24, 2.45) is 0 Å². The Morgan fingerprint density at radius 3 is 2.84 bits per heavy atom. The van der Waals surface area contributed by atoms with E-state index in [1.807, 2.05) is 29.2 Å². The van der Waals surface area contributed by atoms with Gasteiger partial charge in [0.2, 0.25) is 5.91 Å². The molecule has 19 heavy (non-hydrogen) atoms. The predicted octanol–water partition coefficient (Wildman–Crippen LogP) is 3.85. The zero-order chi connectivity index (χ0) is 13.4. The first-order valence-corrected chi connectivity index (χ1v) is 7.07. The van der Waals surface area contributed by atoms with Crippen molar-refractivity contribution in [3.8, 4) is 0 Å². The van der Waals surface area contributed by atoms with Crippen molar-refractivity contribution < 1.29 is 4.79 Å². The molecule has 0 spiro atoms. The van der Waals surface area contributed by atoms with Crippen LogP contribution >= 0.6 is 15.9 Å². The summed E-state index contributed by atoms with van der Waals surface area (Å²) in [6, 6.07) is 14.3. The van der Waals surface area contributed by atoms with Gasteiger partial charge in [-0.05, 0) is 36.2 Å². The zero-order valence-corrected chi connectivity index (χ0v) is 12.3. The van der Waals surface area contributed by atoms with Crippen LogP contribution in [0.25, 0.3) is 0 Å². The van der Waals surface area contributed by atoms with Gasteiger partial charge in [-0.25, -0.2) is 0 Å². The Balaban J connectivity index is 1.92. The summed E-state index contributed by atoms with van der Waals surface area (Å²) in [6.45, 7) is 2.72. The molecule has 0 radical (unpaired) electrons. The van der Waals surface area contributed by atoms with Crippen LogP contribution in [0.1, 0.15) is 16.7 Å². The summed E-state index contributed by atoms with van der Waals surface area (Å²) < 4.78 is 1.02. The van der Waals surface area contributed by atoms with E-state index in [1.165, 1.54) is 11.1 Å². The summed E-state index contributed by atoms with van der Waals surface area (Å²) in [5, 5.41) is 0. The van der Waals surface area contributed by atoms with E-state index in [-0.39, 0.29) is 5.91 Å². The third-order valence-corrected chi connectivity index (χ3v) is 3.89. The van der Waals surface area contributed by atoms with Gasteiger partial charge in [0, 0.05) is 10.2 Å². The van der Waals surface area contributed by atoms with Gasteiger partial charge in [0.05, 0.1) is 13.0 Å². The topological polar surface area (TPSA) is 20.3 Å². The van der Waals surface area contributed by atoms with Crippen molar-refractivity contribution in [3.05, 3.63) is 63.6 Å². The lowest BCUT2D eigenvalue weighted by molar-refractivity contribution is -0.117. The van der Waals surface area contributed by atoms with Crippen LogP contribution in [-0.4, -0.2) is 5.91 Å². The van der Waals surface area contributed by atoms with Gasteiger partial charge in [0.1, 0.15) is 0 Å². The molecule has 3 rings (SSSR count). The Kier molecular flexibility index (Phi) is 3.15. The Hall–Kier alpha value is -1.61. The third kappa shape index (κ3) is 2.43. The minimum absolute atomic E-state index is 0.176. The molecule has 0 N–H and O–H groups in total. The first kappa shape index (κ1) is 12.4. The molecule has 3 heteroatoms. The van der Waals surface area contributed by atoms with Crippen LogP contribution in [0.15, 0.2) is 46.9 Å². The number of fused-ring (bicyclic) bond motifs is 1. The fourth-order valence-electron chi connectivity index (χ4n) is 2.52. The molecule has 0 fully saturated rings. The smallest absolute Gasteiger partial charge is 0.231 e. The number of anilines is 1. The van der Waals surface area contributed by atoms with E-state index in [2.05, 4.69) is 41.1 Å². The Bertz CT molecular complexity index is 651.